The van der Waals surface area contributed by atoms with Gasteiger partial charge in [0, 0.05) is 38.3 Å². The highest BCUT2D eigenvalue weighted by atomic mass is 16.1. The summed E-state index contributed by atoms with van der Waals surface area (Å²) in [6.45, 7) is 2.56. The molecule has 24 heavy (non-hydrogen) atoms. The minimum Gasteiger partial charge on any atom is -0.377 e. The molecule has 2 aromatic carbocycles. The topological polar surface area (TPSA) is 61.0 Å². The first-order chi connectivity index (χ1) is 11.5. The monoisotopic (exact) mass is 322 g/mol. The predicted octanol–water partition coefficient (Wildman–Crippen LogP) is 2.91. The Kier molecular flexibility index (Phi) is 4.51. The molecule has 0 aliphatic carbocycles. The number of benzene rings is 2. The summed E-state index contributed by atoms with van der Waals surface area (Å²) in [6.07, 6.45) is 0.676. The van der Waals surface area contributed by atoms with Crippen molar-refractivity contribution in [1.29, 1.82) is 0 Å². The lowest BCUT2D eigenvalue weighted by Crippen LogP contribution is -2.26. The molecule has 0 unspecified atom stereocenters. The maximum atomic E-state index is 12.3. The first-order valence-electron chi connectivity index (χ1n) is 8.04. The van der Waals surface area contributed by atoms with Crippen molar-refractivity contribution in [2.45, 2.75) is 13.3 Å². The summed E-state index contributed by atoms with van der Waals surface area (Å²) in [6, 6.07) is 13.7. The molecule has 1 amide bonds. The molecule has 1 aromatic heterocycles. The number of imidazole rings is 1. The van der Waals surface area contributed by atoms with Crippen LogP contribution in [0, 0.1) is 6.92 Å². The highest BCUT2D eigenvalue weighted by Gasteiger charge is 2.09. The molecule has 5 nitrogen and oxygen atoms in total. The van der Waals surface area contributed by atoms with Crippen molar-refractivity contribution in [1.82, 2.24) is 15.3 Å². The normalized spacial score (nSPS) is 10.8. The van der Waals surface area contributed by atoms with E-state index in [1.165, 1.54) is 0 Å². The van der Waals surface area contributed by atoms with E-state index in [0.29, 0.717) is 18.5 Å². The third-order valence-electron chi connectivity index (χ3n) is 4.03. The van der Waals surface area contributed by atoms with Crippen LogP contribution >= 0.6 is 0 Å². The lowest BCUT2D eigenvalue weighted by Gasteiger charge is -2.16. The summed E-state index contributed by atoms with van der Waals surface area (Å²) < 4.78 is 0. The summed E-state index contributed by atoms with van der Waals surface area (Å²) in [5.41, 5.74) is 4.86. The van der Waals surface area contributed by atoms with E-state index in [1.54, 1.807) is 0 Å². The van der Waals surface area contributed by atoms with E-state index in [9.17, 15) is 4.79 Å². The Labute approximate surface area is 141 Å². The summed E-state index contributed by atoms with van der Waals surface area (Å²) in [7, 11) is 3.99. The average molecular weight is 322 g/mol. The molecule has 0 fully saturated rings. The van der Waals surface area contributed by atoms with E-state index in [-0.39, 0.29) is 5.91 Å². The molecule has 0 spiro atoms. The van der Waals surface area contributed by atoms with Crippen LogP contribution in [0.15, 0.2) is 42.5 Å². The minimum atomic E-state index is -0.0560. The minimum absolute atomic E-state index is 0.0560. The second-order valence-electron chi connectivity index (χ2n) is 6.10. The summed E-state index contributed by atoms with van der Waals surface area (Å²) in [5, 5.41) is 2.96. The van der Waals surface area contributed by atoms with Crippen LogP contribution in [-0.2, 0) is 6.42 Å². The molecule has 0 atom stereocenters. The molecule has 0 radical (unpaired) electrons. The van der Waals surface area contributed by atoms with E-state index >= 15 is 0 Å². The fourth-order valence-corrected chi connectivity index (χ4v) is 2.82. The highest BCUT2D eigenvalue weighted by Crippen LogP contribution is 2.19. The summed E-state index contributed by atoms with van der Waals surface area (Å²) >= 11 is 0. The zero-order valence-corrected chi connectivity index (χ0v) is 14.3. The Morgan fingerprint density at radius 2 is 2.00 bits per heavy atom. The van der Waals surface area contributed by atoms with Crippen LogP contribution in [0.2, 0.25) is 0 Å². The molecule has 2 N–H and O–H groups in total. The van der Waals surface area contributed by atoms with Crippen LogP contribution < -0.4 is 10.2 Å². The molecule has 0 aliphatic heterocycles. The van der Waals surface area contributed by atoms with Gasteiger partial charge in [-0.3, -0.25) is 4.79 Å². The van der Waals surface area contributed by atoms with Gasteiger partial charge in [0.2, 0.25) is 0 Å². The number of nitrogens with zero attached hydrogens (tertiary/aromatic N) is 2. The van der Waals surface area contributed by atoms with Crippen LogP contribution in [0.4, 0.5) is 5.69 Å². The first kappa shape index (κ1) is 16.1. The number of fused-ring (bicyclic) bond motifs is 1. The van der Waals surface area contributed by atoms with E-state index < -0.39 is 0 Å². The number of anilines is 1. The van der Waals surface area contributed by atoms with E-state index in [1.807, 2.05) is 68.4 Å². The molecule has 3 rings (SSSR count). The average Bonchev–Trinajstić information content (AvgIpc) is 2.97. The van der Waals surface area contributed by atoms with Gasteiger partial charge < -0.3 is 15.2 Å². The number of nitrogens with one attached hydrogen (secondary N) is 2. The number of para-hydroxylation sites is 2. The van der Waals surface area contributed by atoms with Crippen molar-refractivity contribution >= 4 is 22.6 Å². The molecule has 0 saturated carbocycles. The van der Waals surface area contributed by atoms with E-state index in [4.69, 9.17) is 0 Å². The third kappa shape index (κ3) is 3.40. The van der Waals surface area contributed by atoms with Gasteiger partial charge in [-0.25, -0.2) is 4.98 Å². The Balaban J connectivity index is 1.60. The number of aryl methyl sites for hydroxylation is 1. The van der Waals surface area contributed by atoms with Crippen molar-refractivity contribution in [3.05, 3.63) is 59.4 Å². The van der Waals surface area contributed by atoms with Gasteiger partial charge >= 0.3 is 0 Å². The van der Waals surface area contributed by atoms with Crippen LogP contribution in [0.1, 0.15) is 21.7 Å². The second kappa shape index (κ2) is 6.74. The molecular weight excluding hydrogens is 300 g/mol. The fraction of sp³-hybridized carbons (Fsp3) is 0.263. The van der Waals surface area contributed by atoms with Crippen molar-refractivity contribution in [2.75, 3.05) is 25.5 Å². The molecule has 3 aromatic rings. The van der Waals surface area contributed by atoms with Crippen LogP contribution in [-0.4, -0.2) is 36.5 Å². The Hall–Kier alpha value is -2.82. The highest BCUT2D eigenvalue weighted by molar-refractivity contribution is 5.94. The fourth-order valence-electron chi connectivity index (χ4n) is 2.82. The Bertz CT molecular complexity index is 834. The number of hydrogen-bond acceptors (Lipinski definition) is 3. The van der Waals surface area contributed by atoms with Crippen LogP contribution in [0.5, 0.6) is 0 Å². The van der Waals surface area contributed by atoms with E-state index in [2.05, 4.69) is 15.3 Å². The number of rotatable bonds is 5. The molecular formula is C19H22N4O. The van der Waals surface area contributed by atoms with Crippen LogP contribution in [0.3, 0.4) is 0 Å². The Morgan fingerprint density at radius 1 is 1.21 bits per heavy atom. The largest absolute Gasteiger partial charge is 0.377 e. The summed E-state index contributed by atoms with van der Waals surface area (Å²) in [4.78, 5) is 22.1. The molecule has 124 valence electrons. The number of aromatic amines is 1. The van der Waals surface area contributed by atoms with Gasteiger partial charge in [0.1, 0.15) is 5.82 Å². The molecule has 1 heterocycles. The maximum absolute atomic E-state index is 12.3. The van der Waals surface area contributed by atoms with Crippen molar-refractivity contribution in [3.8, 4) is 0 Å². The van der Waals surface area contributed by atoms with Crippen molar-refractivity contribution in [2.24, 2.45) is 0 Å². The number of carbonyl (C=O) groups is 1. The maximum Gasteiger partial charge on any atom is 0.251 e. The van der Waals surface area contributed by atoms with Gasteiger partial charge in [-0.2, -0.15) is 0 Å². The number of aromatic nitrogens is 2. The third-order valence-corrected chi connectivity index (χ3v) is 4.03. The lowest BCUT2D eigenvalue weighted by molar-refractivity contribution is 0.0954. The van der Waals surface area contributed by atoms with Gasteiger partial charge in [-0.05, 0) is 42.8 Å². The quantitative estimate of drug-likeness (QED) is 0.759. The second-order valence-corrected chi connectivity index (χ2v) is 6.10. The first-order valence-corrected chi connectivity index (χ1v) is 8.04. The SMILES string of the molecule is Cc1cc(C(=O)NCCc2nc3ccccc3[nH]2)ccc1N(C)C. The summed E-state index contributed by atoms with van der Waals surface area (Å²) in [5.74, 6) is 0.829. The van der Waals surface area contributed by atoms with E-state index in [0.717, 1.165) is 28.1 Å². The number of carbonyl (C=O) groups excluding carboxylic acids is 1. The smallest absolute Gasteiger partial charge is 0.251 e. The van der Waals surface area contributed by atoms with Crippen molar-refractivity contribution in [3.63, 3.8) is 0 Å². The molecule has 0 aliphatic rings. The molecule has 0 bridgehead atoms. The van der Waals surface area contributed by atoms with Gasteiger partial charge in [0.25, 0.3) is 5.91 Å². The Morgan fingerprint density at radius 3 is 2.71 bits per heavy atom. The predicted molar refractivity (Wildman–Crippen MR) is 97.6 cm³/mol. The van der Waals surface area contributed by atoms with Gasteiger partial charge in [-0.1, -0.05) is 12.1 Å². The standard InChI is InChI=1S/C19H22N4O/c1-13-12-14(8-9-17(13)23(2)3)19(24)20-11-10-18-21-15-6-4-5-7-16(15)22-18/h4-9,12H,10-11H2,1-3H3,(H,20,24)(H,21,22). The van der Waals surface area contributed by atoms with Gasteiger partial charge in [-0.15, -0.1) is 0 Å². The zero-order chi connectivity index (χ0) is 17.1. The number of hydrogen-bond donors (Lipinski definition) is 2. The molecule has 0 saturated heterocycles. The van der Waals surface area contributed by atoms with Crippen LogP contribution in [0.25, 0.3) is 11.0 Å². The number of amides is 1. The molecule has 5 heteroatoms. The zero-order valence-electron chi connectivity index (χ0n) is 14.3. The lowest BCUT2D eigenvalue weighted by atomic mass is 10.1. The number of H-pyrrole nitrogens is 1. The van der Waals surface area contributed by atoms with Gasteiger partial charge in [0.05, 0.1) is 11.0 Å². The van der Waals surface area contributed by atoms with Gasteiger partial charge in [0.15, 0.2) is 0 Å². The van der Waals surface area contributed by atoms with Crippen molar-refractivity contribution < 1.29 is 4.79 Å².